The molecule has 0 spiro atoms. The van der Waals surface area contributed by atoms with Gasteiger partial charge in [0.05, 0.1) is 19.4 Å². The molecular weight excluding hydrogens is 496 g/mol. The van der Waals surface area contributed by atoms with Crippen molar-refractivity contribution in [2.24, 2.45) is 7.05 Å². The fourth-order valence-corrected chi connectivity index (χ4v) is 6.33. The summed E-state index contributed by atoms with van der Waals surface area (Å²) >= 11 is 5.89. The second kappa shape index (κ2) is 8.89. The van der Waals surface area contributed by atoms with Gasteiger partial charge in [0, 0.05) is 24.0 Å². The highest BCUT2D eigenvalue weighted by Gasteiger charge is 2.59. The van der Waals surface area contributed by atoms with Crippen LogP contribution in [0.15, 0.2) is 41.3 Å². The van der Waals surface area contributed by atoms with Crippen LogP contribution in [0.1, 0.15) is 28.8 Å². The van der Waals surface area contributed by atoms with Crippen molar-refractivity contribution in [1.82, 2.24) is 20.1 Å². The van der Waals surface area contributed by atoms with Crippen LogP contribution in [-0.4, -0.2) is 58.9 Å². The van der Waals surface area contributed by atoms with Crippen LogP contribution in [0.5, 0.6) is 5.88 Å². The highest BCUT2D eigenvalue weighted by Crippen LogP contribution is 2.47. The molecule has 3 heterocycles. The maximum Gasteiger partial charge on any atom is 0.263 e. The van der Waals surface area contributed by atoms with Crippen LogP contribution < -0.4 is 15.6 Å². The molecule has 2 aliphatic rings. The second-order valence-corrected chi connectivity index (χ2v) is 11.9. The number of rotatable bonds is 8. The van der Waals surface area contributed by atoms with Crippen molar-refractivity contribution in [2.45, 2.75) is 29.4 Å². The predicted octanol–water partition coefficient (Wildman–Crippen LogP) is 1.64. The first-order valence-electron chi connectivity index (χ1n) is 11.0. The van der Waals surface area contributed by atoms with Crippen molar-refractivity contribution >= 4 is 38.2 Å². The normalized spacial score (nSPS) is 17.1. The number of carbonyl (C=O) groups excluding carboxylic acids is 1. The number of aromatic nitrogens is 3. The Morgan fingerprint density at radius 3 is 2.63 bits per heavy atom. The number of halogens is 1. The maximum atomic E-state index is 13.0. The van der Waals surface area contributed by atoms with Gasteiger partial charge in [-0.2, -0.15) is 5.10 Å². The number of sulfone groups is 1. The van der Waals surface area contributed by atoms with Crippen LogP contribution in [0.3, 0.4) is 0 Å². The molecule has 1 saturated carbocycles. The first-order valence-corrected chi connectivity index (χ1v) is 13.0. The Morgan fingerprint density at radius 2 is 2.00 bits per heavy atom. The third kappa shape index (κ3) is 4.28. The van der Waals surface area contributed by atoms with Gasteiger partial charge in [-0.15, -0.1) is 5.10 Å². The van der Waals surface area contributed by atoms with Crippen LogP contribution in [0.2, 0.25) is 5.02 Å². The highest BCUT2D eigenvalue weighted by molar-refractivity contribution is 7.93. The summed E-state index contributed by atoms with van der Waals surface area (Å²) in [6, 6.07) is 8.44. The minimum atomic E-state index is -3.41. The number of hydrogen-bond acceptors (Lipinski definition) is 8. The Morgan fingerprint density at radius 1 is 1.29 bits per heavy atom. The number of pyridine rings is 1. The van der Waals surface area contributed by atoms with Crippen LogP contribution in [0.25, 0.3) is 10.9 Å². The molecule has 1 amide bonds. The molecule has 12 heteroatoms. The lowest BCUT2D eigenvalue weighted by atomic mass is 10.1. The molecule has 1 aliphatic carbocycles. The lowest BCUT2D eigenvalue weighted by Crippen LogP contribution is -2.48. The van der Waals surface area contributed by atoms with E-state index >= 15 is 0 Å². The van der Waals surface area contributed by atoms with Gasteiger partial charge in [-0.1, -0.05) is 23.7 Å². The molecule has 1 aliphatic heterocycles. The van der Waals surface area contributed by atoms with Crippen molar-refractivity contribution in [3.8, 4) is 5.88 Å². The maximum absolute atomic E-state index is 13.0. The zero-order valence-corrected chi connectivity index (χ0v) is 20.4. The van der Waals surface area contributed by atoms with E-state index < -0.39 is 31.3 Å². The molecule has 10 nitrogen and oxygen atoms in total. The van der Waals surface area contributed by atoms with E-state index in [4.69, 9.17) is 21.1 Å². The molecule has 2 aromatic heterocycles. The molecule has 1 N–H and O–H groups in total. The summed E-state index contributed by atoms with van der Waals surface area (Å²) in [5, 5.41) is 11.2. The lowest BCUT2D eigenvalue weighted by Gasteiger charge is -2.30. The van der Waals surface area contributed by atoms with Gasteiger partial charge >= 0.3 is 0 Å². The summed E-state index contributed by atoms with van der Waals surface area (Å²) in [7, 11) is -1.90. The monoisotopic (exact) mass is 518 g/mol. The molecular formula is C23H23ClN4O6S. The summed E-state index contributed by atoms with van der Waals surface area (Å²) in [4.78, 5) is 25.8. The SMILES string of the molecule is Cn1c(=O)c(C(=O)NCc2ccc(Cl)cc2)cc2cnnc(OCC3(S(=O)(=O)C4COC4)CC3)c21. The highest BCUT2D eigenvalue weighted by atomic mass is 35.5. The van der Waals surface area contributed by atoms with E-state index in [1.807, 2.05) is 0 Å². The van der Waals surface area contributed by atoms with Gasteiger partial charge < -0.3 is 19.4 Å². The van der Waals surface area contributed by atoms with Crippen LogP contribution in [0, 0.1) is 0 Å². The second-order valence-electron chi connectivity index (χ2n) is 8.86. The first kappa shape index (κ1) is 23.7. The molecule has 2 fully saturated rings. The van der Waals surface area contributed by atoms with Crippen molar-refractivity contribution in [2.75, 3.05) is 19.8 Å². The third-order valence-electron chi connectivity index (χ3n) is 6.53. The predicted molar refractivity (Wildman–Crippen MR) is 128 cm³/mol. The minimum Gasteiger partial charge on any atom is -0.473 e. The van der Waals surface area contributed by atoms with Gasteiger partial charge in [0.15, 0.2) is 9.84 Å². The van der Waals surface area contributed by atoms with Gasteiger partial charge in [0.1, 0.15) is 27.7 Å². The molecule has 5 rings (SSSR count). The number of carbonyl (C=O) groups is 1. The number of aryl methyl sites for hydroxylation is 1. The molecule has 0 radical (unpaired) electrons. The van der Waals surface area contributed by atoms with Crippen molar-refractivity contribution in [1.29, 1.82) is 0 Å². The molecule has 1 saturated heterocycles. The number of fused-ring (bicyclic) bond motifs is 1. The smallest absolute Gasteiger partial charge is 0.263 e. The Balaban J connectivity index is 1.37. The van der Waals surface area contributed by atoms with E-state index in [-0.39, 0.29) is 37.8 Å². The van der Waals surface area contributed by atoms with Gasteiger partial charge in [-0.25, -0.2) is 8.42 Å². The summed E-state index contributed by atoms with van der Waals surface area (Å²) in [6.07, 6.45) is 2.43. The summed E-state index contributed by atoms with van der Waals surface area (Å²) in [6.45, 7) is 0.547. The Hall–Kier alpha value is -3.02. The van der Waals surface area contributed by atoms with Gasteiger partial charge in [0.2, 0.25) is 0 Å². The average Bonchev–Trinajstić information content (AvgIpc) is 3.60. The molecule has 1 aromatic carbocycles. The van der Waals surface area contributed by atoms with Crippen molar-refractivity contribution in [3.05, 3.63) is 63.0 Å². The molecule has 0 bridgehead atoms. The molecule has 184 valence electrons. The third-order valence-corrected chi connectivity index (χ3v) is 9.67. The van der Waals surface area contributed by atoms with Crippen LogP contribution >= 0.6 is 11.6 Å². The number of amides is 1. The molecule has 35 heavy (non-hydrogen) atoms. The van der Waals surface area contributed by atoms with E-state index in [1.165, 1.54) is 23.9 Å². The molecule has 0 atom stereocenters. The molecule has 0 unspecified atom stereocenters. The number of hydrogen-bond donors (Lipinski definition) is 1. The van der Waals surface area contributed by atoms with Crippen molar-refractivity contribution in [3.63, 3.8) is 0 Å². The Labute approximate surface area is 206 Å². The van der Waals surface area contributed by atoms with E-state index in [0.29, 0.717) is 28.8 Å². The Bertz CT molecular complexity index is 1460. The zero-order valence-electron chi connectivity index (χ0n) is 18.9. The van der Waals surface area contributed by atoms with Gasteiger partial charge in [-0.3, -0.25) is 9.59 Å². The lowest BCUT2D eigenvalue weighted by molar-refractivity contribution is 0.0408. The van der Waals surface area contributed by atoms with E-state index in [2.05, 4.69) is 15.5 Å². The standard InChI is InChI=1S/C23H23ClN4O6S/c1-28-19-15(8-18(22(28)30)20(29)25-9-14-2-4-16(24)5-3-14)10-26-27-21(19)34-13-23(6-7-23)35(31,32)17-11-33-12-17/h2-5,8,10,17H,6-7,9,11-13H2,1H3,(H,25,29). The topological polar surface area (TPSA) is 129 Å². The van der Waals surface area contributed by atoms with Crippen molar-refractivity contribution < 1.29 is 22.7 Å². The number of nitrogens with zero attached hydrogens (tertiary/aromatic N) is 3. The average molecular weight is 519 g/mol. The van der Waals surface area contributed by atoms with Gasteiger partial charge in [-0.05, 0) is 36.6 Å². The fourth-order valence-electron chi connectivity index (χ4n) is 4.05. The Kier molecular flexibility index (Phi) is 6.02. The van der Waals surface area contributed by atoms with E-state index in [9.17, 15) is 18.0 Å². The first-order chi connectivity index (χ1) is 16.7. The summed E-state index contributed by atoms with van der Waals surface area (Å²) in [5.74, 6) is -0.492. The summed E-state index contributed by atoms with van der Waals surface area (Å²) in [5.41, 5.74) is 0.572. The minimum absolute atomic E-state index is 0.0431. The van der Waals surface area contributed by atoms with Crippen LogP contribution in [0.4, 0.5) is 0 Å². The number of benzene rings is 1. The van der Waals surface area contributed by atoms with Crippen LogP contribution in [-0.2, 0) is 28.2 Å². The van der Waals surface area contributed by atoms with Gasteiger partial charge in [0.25, 0.3) is 17.3 Å². The number of nitrogens with one attached hydrogen (secondary N) is 1. The molecule has 3 aromatic rings. The summed E-state index contributed by atoms with van der Waals surface area (Å²) < 4.78 is 37.0. The quantitative estimate of drug-likeness (QED) is 0.476. The fraction of sp³-hybridized carbons (Fsp3) is 0.391. The largest absolute Gasteiger partial charge is 0.473 e. The van der Waals surface area contributed by atoms with E-state index in [0.717, 1.165) is 5.56 Å². The van der Waals surface area contributed by atoms with E-state index in [1.54, 1.807) is 24.3 Å². The number of ether oxygens (including phenoxy) is 2. The zero-order chi connectivity index (χ0) is 24.8.